The lowest BCUT2D eigenvalue weighted by Crippen LogP contribution is -2.47. The molecule has 19 heavy (non-hydrogen) atoms. The number of rotatable bonds is 2. The number of hydrogen-bond acceptors (Lipinski definition) is 4. The van der Waals surface area contributed by atoms with Crippen LogP contribution in [0.5, 0.6) is 0 Å². The number of alkyl carbamates (subject to hydrolysis) is 1. The van der Waals surface area contributed by atoms with Crippen molar-refractivity contribution in [3.8, 4) is 0 Å². The first-order valence-corrected chi connectivity index (χ1v) is 6.47. The lowest BCUT2D eigenvalue weighted by atomic mass is 9.90. The van der Waals surface area contributed by atoms with Gasteiger partial charge in [0.2, 0.25) is 0 Å². The SMILES string of the molecule is O=C1N[C@H]2[C@@H](CCC[C@H]2OC(=O)c2ccccc2)O1. The molecule has 0 unspecified atom stereocenters. The molecule has 0 aromatic heterocycles. The van der Waals surface area contributed by atoms with Gasteiger partial charge in [-0.1, -0.05) is 18.2 Å². The molecule has 0 spiro atoms. The third-order valence-electron chi connectivity index (χ3n) is 3.59. The third-order valence-corrected chi connectivity index (χ3v) is 3.59. The minimum absolute atomic E-state index is 0.171. The Hall–Kier alpha value is -2.04. The molecule has 2 aliphatic rings. The molecule has 1 saturated heterocycles. The molecule has 100 valence electrons. The van der Waals surface area contributed by atoms with Crippen LogP contribution >= 0.6 is 0 Å². The van der Waals surface area contributed by atoms with E-state index in [0.717, 1.165) is 19.3 Å². The van der Waals surface area contributed by atoms with E-state index in [4.69, 9.17) is 9.47 Å². The van der Waals surface area contributed by atoms with Crippen molar-refractivity contribution in [2.45, 2.75) is 37.5 Å². The average Bonchev–Trinajstić information content (AvgIpc) is 2.81. The second kappa shape index (κ2) is 4.91. The number of nitrogens with one attached hydrogen (secondary N) is 1. The standard InChI is InChI=1S/C14H15NO4/c16-13(9-5-2-1-3-6-9)18-10-7-4-8-11-12(10)15-14(17)19-11/h1-3,5-6,10-12H,4,7-8H2,(H,15,17)/t10-,11-,12-/m1/s1. The summed E-state index contributed by atoms with van der Waals surface area (Å²) >= 11 is 0. The maximum Gasteiger partial charge on any atom is 0.407 e. The van der Waals surface area contributed by atoms with Crippen LogP contribution in [0.2, 0.25) is 0 Å². The first-order chi connectivity index (χ1) is 9.24. The fraction of sp³-hybridized carbons (Fsp3) is 0.429. The van der Waals surface area contributed by atoms with Crippen LogP contribution in [0.3, 0.4) is 0 Å². The van der Waals surface area contributed by atoms with E-state index in [9.17, 15) is 9.59 Å². The van der Waals surface area contributed by atoms with Crippen LogP contribution < -0.4 is 5.32 Å². The van der Waals surface area contributed by atoms with Crippen LogP contribution in [0, 0.1) is 0 Å². The fourth-order valence-corrected chi connectivity index (χ4v) is 2.66. The maximum absolute atomic E-state index is 12.0. The van der Waals surface area contributed by atoms with Crippen LogP contribution in [0.15, 0.2) is 30.3 Å². The van der Waals surface area contributed by atoms with Crippen LogP contribution in [-0.2, 0) is 9.47 Å². The quantitative estimate of drug-likeness (QED) is 0.825. The number of carbonyl (C=O) groups excluding carboxylic acids is 2. The van der Waals surface area contributed by atoms with Gasteiger partial charge in [0.25, 0.3) is 0 Å². The first kappa shape index (κ1) is 12.0. The Labute approximate surface area is 110 Å². The summed E-state index contributed by atoms with van der Waals surface area (Å²) in [6.45, 7) is 0. The predicted octanol–water partition coefficient (Wildman–Crippen LogP) is 1.87. The summed E-state index contributed by atoms with van der Waals surface area (Å²) in [6.07, 6.45) is 1.57. The molecule has 2 fully saturated rings. The summed E-state index contributed by atoms with van der Waals surface area (Å²) in [5.41, 5.74) is 0.523. The first-order valence-electron chi connectivity index (χ1n) is 6.47. The van der Waals surface area contributed by atoms with Crippen LogP contribution in [0.1, 0.15) is 29.6 Å². The van der Waals surface area contributed by atoms with E-state index in [-0.39, 0.29) is 24.2 Å². The molecule has 1 amide bonds. The van der Waals surface area contributed by atoms with Crippen molar-refractivity contribution < 1.29 is 19.1 Å². The van der Waals surface area contributed by atoms with Crippen molar-refractivity contribution in [3.05, 3.63) is 35.9 Å². The molecule has 5 heteroatoms. The third kappa shape index (κ3) is 2.41. The van der Waals surface area contributed by atoms with E-state index in [2.05, 4.69) is 5.32 Å². The lowest BCUT2D eigenvalue weighted by Gasteiger charge is -2.30. The fourth-order valence-electron chi connectivity index (χ4n) is 2.66. The normalized spacial score (nSPS) is 29.1. The van der Waals surface area contributed by atoms with Gasteiger partial charge in [-0.05, 0) is 31.4 Å². The number of esters is 1. The summed E-state index contributed by atoms with van der Waals surface area (Å²) in [5, 5.41) is 2.72. The van der Waals surface area contributed by atoms with Crippen molar-refractivity contribution in [3.63, 3.8) is 0 Å². The highest BCUT2D eigenvalue weighted by Gasteiger charge is 2.43. The monoisotopic (exact) mass is 261 g/mol. The molecule has 3 rings (SSSR count). The molecule has 1 aliphatic carbocycles. The van der Waals surface area contributed by atoms with Gasteiger partial charge in [-0.15, -0.1) is 0 Å². The van der Waals surface area contributed by atoms with Gasteiger partial charge < -0.3 is 14.8 Å². The van der Waals surface area contributed by atoms with Crippen molar-refractivity contribution in [2.24, 2.45) is 0 Å². The van der Waals surface area contributed by atoms with Crippen LogP contribution in [0.25, 0.3) is 0 Å². The van der Waals surface area contributed by atoms with Crippen molar-refractivity contribution in [1.82, 2.24) is 5.32 Å². The minimum Gasteiger partial charge on any atom is -0.456 e. The topological polar surface area (TPSA) is 64.6 Å². The van der Waals surface area contributed by atoms with Crippen molar-refractivity contribution in [1.29, 1.82) is 0 Å². The Morgan fingerprint density at radius 1 is 1.26 bits per heavy atom. The molecule has 5 nitrogen and oxygen atoms in total. The summed E-state index contributed by atoms with van der Waals surface area (Å²) in [4.78, 5) is 23.2. The highest BCUT2D eigenvalue weighted by Crippen LogP contribution is 2.28. The van der Waals surface area contributed by atoms with Gasteiger partial charge in [-0.3, -0.25) is 0 Å². The highest BCUT2D eigenvalue weighted by atomic mass is 16.6. The number of fused-ring (bicyclic) bond motifs is 1. The van der Waals surface area contributed by atoms with E-state index < -0.39 is 6.09 Å². The molecule has 1 aromatic carbocycles. The Morgan fingerprint density at radius 3 is 2.84 bits per heavy atom. The van der Waals surface area contributed by atoms with Crippen LogP contribution in [0.4, 0.5) is 4.79 Å². The van der Waals surface area contributed by atoms with E-state index in [0.29, 0.717) is 5.56 Å². The van der Waals surface area contributed by atoms with Gasteiger partial charge in [0.15, 0.2) is 0 Å². The summed E-state index contributed by atoms with van der Waals surface area (Å²) < 4.78 is 10.6. The van der Waals surface area contributed by atoms with Crippen molar-refractivity contribution >= 4 is 12.1 Å². The van der Waals surface area contributed by atoms with Crippen molar-refractivity contribution in [2.75, 3.05) is 0 Å². The van der Waals surface area contributed by atoms with Gasteiger partial charge in [0.1, 0.15) is 18.2 Å². The zero-order chi connectivity index (χ0) is 13.2. The smallest absolute Gasteiger partial charge is 0.407 e. The van der Waals surface area contributed by atoms with E-state index in [1.165, 1.54) is 0 Å². The minimum atomic E-state index is -0.419. The van der Waals surface area contributed by atoms with E-state index in [1.54, 1.807) is 24.3 Å². The number of ether oxygens (including phenoxy) is 2. The van der Waals surface area contributed by atoms with Gasteiger partial charge in [0.05, 0.1) is 5.56 Å². The van der Waals surface area contributed by atoms with Gasteiger partial charge in [0, 0.05) is 0 Å². The van der Waals surface area contributed by atoms with Crippen LogP contribution in [-0.4, -0.2) is 30.3 Å². The Balaban J connectivity index is 1.69. The lowest BCUT2D eigenvalue weighted by molar-refractivity contribution is -0.00356. The zero-order valence-electron chi connectivity index (χ0n) is 10.4. The van der Waals surface area contributed by atoms with E-state index >= 15 is 0 Å². The largest absolute Gasteiger partial charge is 0.456 e. The molecule has 1 aliphatic heterocycles. The molecule has 0 bridgehead atoms. The molecule has 1 saturated carbocycles. The Kier molecular flexibility index (Phi) is 3.11. The summed E-state index contributed by atoms with van der Waals surface area (Å²) in [7, 11) is 0. The Morgan fingerprint density at radius 2 is 2.05 bits per heavy atom. The zero-order valence-corrected chi connectivity index (χ0v) is 10.4. The average molecular weight is 261 g/mol. The number of benzene rings is 1. The maximum atomic E-state index is 12.0. The second-order valence-corrected chi connectivity index (χ2v) is 4.85. The molecular formula is C14H15NO4. The Bertz CT molecular complexity index is 487. The summed E-state index contributed by atoms with van der Waals surface area (Å²) in [6, 6.07) is 8.65. The number of carbonyl (C=O) groups is 2. The van der Waals surface area contributed by atoms with Gasteiger partial charge in [-0.25, -0.2) is 9.59 Å². The van der Waals surface area contributed by atoms with Gasteiger partial charge >= 0.3 is 12.1 Å². The number of hydrogen-bond donors (Lipinski definition) is 1. The van der Waals surface area contributed by atoms with Gasteiger partial charge in [-0.2, -0.15) is 0 Å². The summed E-state index contributed by atoms with van der Waals surface area (Å²) in [5.74, 6) is -0.354. The number of amides is 1. The molecule has 0 radical (unpaired) electrons. The molecule has 1 heterocycles. The predicted molar refractivity (Wildman–Crippen MR) is 66.7 cm³/mol. The second-order valence-electron chi connectivity index (χ2n) is 4.85. The highest BCUT2D eigenvalue weighted by molar-refractivity contribution is 5.89. The molecule has 3 atom stereocenters. The molecular weight excluding hydrogens is 246 g/mol. The molecule has 1 N–H and O–H groups in total. The van der Waals surface area contributed by atoms with E-state index in [1.807, 2.05) is 6.07 Å². The molecule has 1 aromatic rings.